The van der Waals surface area contributed by atoms with Gasteiger partial charge in [-0.25, -0.2) is 0 Å². The molecular formula is C15H12ClNOS2. The number of aryl methyl sites for hydroxylation is 2. The molecule has 0 aliphatic carbocycles. The van der Waals surface area contributed by atoms with Gasteiger partial charge in [0.25, 0.3) is 5.91 Å². The first kappa shape index (κ1) is 13.6. The Kier molecular flexibility index (Phi) is 3.54. The highest BCUT2D eigenvalue weighted by atomic mass is 35.5. The Hall–Kier alpha value is -1.36. The molecule has 0 atom stereocenters. The van der Waals surface area contributed by atoms with E-state index in [4.69, 9.17) is 11.6 Å². The smallest absolute Gasteiger partial charge is 0.267 e. The monoisotopic (exact) mass is 321 g/mol. The molecule has 2 aromatic heterocycles. The molecule has 0 saturated carbocycles. The summed E-state index contributed by atoms with van der Waals surface area (Å²) in [4.78, 5) is 12.9. The number of nitrogens with one attached hydrogen (secondary N) is 1. The zero-order valence-corrected chi connectivity index (χ0v) is 13.4. The minimum absolute atomic E-state index is 0.145. The third kappa shape index (κ3) is 2.46. The van der Waals surface area contributed by atoms with Crippen LogP contribution in [0.2, 0.25) is 5.02 Å². The maximum absolute atomic E-state index is 12.3. The standard InChI is InChI=1S/C15H12ClNOS2/c1-8-5-9(2)7-10(6-8)17-14(18)13-12(16)11-3-4-19-15(11)20-13/h3-7H,1-2H3,(H,17,18). The number of amides is 1. The van der Waals surface area contributed by atoms with Crippen LogP contribution in [0.15, 0.2) is 29.6 Å². The molecule has 0 aliphatic heterocycles. The van der Waals surface area contributed by atoms with E-state index in [-0.39, 0.29) is 5.91 Å². The summed E-state index contributed by atoms with van der Waals surface area (Å²) in [6.07, 6.45) is 0. The van der Waals surface area contributed by atoms with Gasteiger partial charge < -0.3 is 5.32 Å². The molecule has 0 spiro atoms. The van der Waals surface area contributed by atoms with Crippen molar-refractivity contribution in [2.75, 3.05) is 5.32 Å². The van der Waals surface area contributed by atoms with Gasteiger partial charge in [-0.3, -0.25) is 4.79 Å². The second-order valence-corrected chi connectivity index (χ2v) is 7.27. The van der Waals surface area contributed by atoms with Crippen LogP contribution in [0.1, 0.15) is 20.8 Å². The van der Waals surface area contributed by atoms with Crippen LogP contribution in [0.3, 0.4) is 0 Å². The molecule has 102 valence electrons. The summed E-state index contributed by atoms with van der Waals surface area (Å²) in [6.45, 7) is 4.02. The number of anilines is 1. The Morgan fingerprint density at radius 3 is 2.55 bits per heavy atom. The summed E-state index contributed by atoms with van der Waals surface area (Å²) >= 11 is 9.32. The van der Waals surface area contributed by atoms with E-state index in [1.807, 2.05) is 37.4 Å². The van der Waals surface area contributed by atoms with Gasteiger partial charge in [-0.1, -0.05) is 17.7 Å². The zero-order chi connectivity index (χ0) is 14.3. The van der Waals surface area contributed by atoms with Crippen molar-refractivity contribution >= 4 is 55.3 Å². The normalized spacial score (nSPS) is 10.9. The second kappa shape index (κ2) is 5.20. The number of hydrogen-bond acceptors (Lipinski definition) is 3. The van der Waals surface area contributed by atoms with Crippen molar-refractivity contribution in [1.82, 2.24) is 0 Å². The average molecular weight is 322 g/mol. The molecule has 2 nitrogen and oxygen atoms in total. The number of hydrogen-bond donors (Lipinski definition) is 1. The van der Waals surface area contributed by atoms with Gasteiger partial charge >= 0.3 is 0 Å². The van der Waals surface area contributed by atoms with Crippen molar-refractivity contribution in [3.8, 4) is 0 Å². The van der Waals surface area contributed by atoms with Gasteiger partial charge in [-0.2, -0.15) is 0 Å². The molecule has 3 rings (SSSR count). The van der Waals surface area contributed by atoms with E-state index in [9.17, 15) is 4.79 Å². The van der Waals surface area contributed by atoms with Crippen LogP contribution in [0.5, 0.6) is 0 Å². The first-order valence-electron chi connectivity index (χ1n) is 6.10. The Morgan fingerprint density at radius 2 is 1.90 bits per heavy atom. The highest BCUT2D eigenvalue weighted by Crippen LogP contribution is 2.38. The molecule has 1 amide bonds. The van der Waals surface area contributed by atoms with Crippen molar-refractivity contribution < 1.29 is 4.79 Å². The van der Waals surface area contributed by atoms with E-state index >= 15 is 0 Å². The fourth-order valence-electron chi connectivity index (χ4n) is 2.18. The van der Waals surface area contributed by atoms with Gasteiger partial charge in [0.15, 0.2) is 0 Å². The maximum Gasteiger partial charge on any atom is 0.267 e. The van der Waals surface area contributed by atoms with Crippen molar-refractivity contribution in [2.24, 2.45) is 0 Å². The number of benzene rings is 1. The second-order valence-electron chi connectivity index (χ2n) is 4.70. The largest absolute Gasteiger partial charge is 0.321 e. The summed E-state index contributed by atoms with van der Waals surface area (Å²) in [6, 6.07) is 7.93. The molecular weight excluding hydrogens is 310 g/mol. The summed E-state index contributed by atoms with van der Waals surface area (Å²) in [5.41, 5.74) is 3.05. The highest BCUT2D eigenvalue weighted by molar-refractivity contribution is 7.38. The molecule has 1 aromatic carbocycles. The predicted octanol–water partition coefficient (Wildman–Crippen LogP) is 5.49. The third-order valence-corrected chi connectivity index (χ3v) is 5.69. The van der Waals surface area contributed by atoms with Crippen molar-refractivity contribution in [3.05, 3.63) is 50.7 Å². The van der Waals surface area contributed by atoms with Crippen LogP contribution in [-0.2, 0) is 0 Å². The summed E-state index contributed by atoms with van der Waals surface area (Å²) < 4.78 is 1.08. The fraction of sp³-hybridized carbons (Fsp3) is 0.133. The van der Waals surface area contributed by atoms with Crippen LogP contribution in [0.25, 0.3) is 9.40 Å². The molecule has 0 fully saturated rings. The predicted molar refractivity (Wildman–Crippen MR) is 88.6 cm³/mol. The molecule has 5 heteroatoms. The van der Waals surface area contributed by atoms with Crippen molar-refractivity contribution in [1.29, 1.82) is 0 Å². The lowest BCUT2D eigenvalue weighted by Crippen LogP contribution is -2.10. The molecule has 20 heavy (non-hydrogen) atoms. The number of rotatable bonds is 2. The van der Waals surface area contributed by atoms with Crippen LogP contribution in [0.4, 0.5) is 5.69 Å². The van der Waals surface area contributed by atoms with E-state index in [2.05, 4.69) is 11.4 Å². The van der Waals surface area contributed by atoms with E-state index in [1.54, 1.807) is 11.3 Å². The van der Waals surface area contributed by atoms with Gasteiger partial charge in [0.05, 0.1) is 9.04 Å². The van der Waals surface area contributed by atoms with E-state index in [0.29, 0.717) is 9.90 Å². The number of thiophene rings is 2. The lowest BCUT2D eigenvalue weighted by Gasteiger charge is -2.06. The summed E-state index contributed by atoms with van der Waals surface area (Å²) in [5.74, 6) is -0.145. The van der Waals surface area contributed by atoms with Crippen LogP contribution < -0.4 is 5.32 Å². The Morgan fingerprint density at radius 1 is 1.20 bits per heavy atom. The molecule has 0 aliphatic rings. The van der Waals surface area contributed by atoms with Crippen LogP contribution in [-0.4, -0.2) is 5.91 Å². The van der Waals surface area contributed by atoms with Crippen LogP contribution >= 0.6 is 34.3 Å². The lowest BCUT2D eigenvalue weighted by atomic mass is 10.1. The zero-order valence-electron chi connectivity index (χ0n) is 11.0. The Balaban J connectivity index is 1.92. The minimum atomic E-state index is -0.145. The van der Waals surface area contributed by atoms with Gasteiger partial charge in [0.1, 0.15) is 4.88 Å². The van der Waals surface area contributed by atoms with Gasteiger partial charge in [-0.15, -0.1) is 22.7 Å². The van der Waals surface area contributed by atoms with Gasteiger partial charge in [0, 0.05) is 11.1 Å². The van der Waals surface area contributed by atoms with E-state index in [0.717, 1.165) is 26.2 Å². The lowest BCUT2D eigenvalue weighted by molar-refractivity contribution is 0.103. The topological polar surface area (TPSA) is 29.1 Å². The molecule has 0 bridgehead atoms. The molecule has 0 saturated heterocycles. The first-order chi connectivity index (χ1) is 9.54. The number of fused-ring (bicyclic) bond motifs is 1. The molecule has 3 aromatic rings. The van der Waals surface area contributed by atoms with Gasteiger partial charge in [-0.05, 0) is 48.6 Å². The SMILES string of the molecule is Cc1cc(C)cc(NC(=O)c2sc3sccc3c2Cl)c1. The quantitative estimate of drug-likeness (QED) is 0.664. The van der Waals surface area contributed by atoms with Crippen LogP contribution in [0, 0.1) is 13.8 Å². The molecule has 1 N–H and O–H groups in total. The maximum atomic E-state index is 12.3. The Labute approximate surface area is 130 Å². The average Bonchev–Trinajstić information content (AvgIpc) is 2.91. The molecule has 0 radical (unpaired) electrons. The third-order valence-electron chi connectivity index (χ3n) is 2.95. The number of carbonyl (C=O) groups is 1. The Bertz CT molecular complexity index is 783. The number of carbonyl (C=O) groups excluding carboxylic acids is 1. The highest BCUT2D eigenvalue weighted by Gasteiger charge is 2.18. The minimum Gasteiger partial charge on any atom is -0.321 e. The molecule has 2 heterocycles. The van der Waals surface area contributed by atoms with E-state index in [1.165, 1.54) is 11.3 Å². The van der Waals surface area contributed by atoms with Crippen molar-refractivity contribution in [3.63, 3.8) is 0 Å². The summed E-state index contributed by atoms with van der Waals surface area (Å²) in [7, 11) is 0. The van der Waals surface area contributed by atoms with Gasteiger partial charge in [0.2, 0.25) is 0 Å². The fourth-order valence-corrected chi connectivity index (χ4v) is 4.69. The van der Waals surface area contributed by atoms with E-state index < -0.39 is 0 Å². The summed E-state index contributed by atoms with van der Waals surface area (Å²) in [5, 5.41) is 6.42. The number of halogens is 1. The molecule has 0 unspecified atom stereocenters. The first-order valence-corrected chi connectivity index (χ1v) is 8.17. The van der Waals surface area contributed by atoms with Crippen molar-refractivity contribution in [2.45, 2.75) is 13.8 Å².